The number of hydrogen-bond acceptors (Lipinski definition) is 4. The standard InChI is InChI=1S/C19H19NO4S/c21-18(20-10-11-24-17(12-20)19(22)23)15-8-6-14(7-9-15)13-25-16-4-2-1-3-5-16/h1-9,17H,10-13H2,(H,22,23). The van der Waals surface area contributed by atoms with Gasteiger partial charge in [0, 0.05) is 22.8 Å². The van der Waals surface area contributed by atoms with Crippen LogP contribution in [-0.2, 0) is 15.3 Å². The Morgan fingerprint density at radius 2 is 1.84 bits per heavy atom. The van der Waals surface area contributed by atoms with E-state index in [1.807, 2.05) is 30.3 Å². The minimum absolute atomic E-state index is 0.0831. The number of benzene rings is 2. The first kappa shape index (κ1) is 17.5. The fourth-order valence-corrected chi connectivity index (χ4v) is 3.47. The Labute approximate surface area is 150 Å². The molecule has 1 unspecified atom stereocenters. The van der Waals surface area contributed by atoms with Gasteiger partial charge < -0.3 is 14.7 Å². The second kappa shape index (κ2) is 8.18. The van der Waals surface area contributed by atoms with E-state index in [9.17, 15) is 9.59 Å². The summed E-state index contributed by atoms with van der Waals surface area (Å²) in [6.45, 7) is 0.739. The number of morpholine rings is 1. The molecule has 0 aliphatic carbocycles. The number of hydrogen-bond donors (Lipinski definition) is 1. The molecule has 1 heterocycles. The van der Waals surface area contributed by atoms with Crippen molar-refractivity contribution < 1.29 is 19.4 Å². The van der Waals surface area contributed by atoms with E-state index in [2.05, 4.69) is 12.1 Å². The fraction of sp³-hybridized carbons (Fsp3) is 0.263. The monoisotopic (exact) mass is 357 g/mol. The molecule has 1 saturated heterocycles. The van der Waals surface area contributed by atoms with Gasteiger partial charge in [-0.15, -0.1) is 11.8 Å². The van der Waals surface area contributed by atoms with Crippen molar-refractivity contribution in [2.75, 3.05) is 19.7 Å². The van der Waals surface area contributed by atoms with Crippen LogP contribution in [0, 0.1) is 0 Å². The molecule has 1 atom stereocenters. The van der Waals surface area contributed by atoms with Crippen molar-refractivity contribution in [1.29, 1.82) is 0 Å². The lowest BCUT2D eigenvalue weighted by Gasteiger charge is -2.30. The highest BCUT2D eigenvalue weighted by molar-refractivity contribution is 7.98. The first-order chi connectivity index (χ1) is 12.1. The lowest BCUT2D eigenvalue weighted by Crippen LogP contribution is -2.48. The number of rotatable bonds is 5. The molecule has 2 aromatic rings. The molecule has 0 spiro atoms. The van der Waals surface area contributed by atoms with Gasteiger partial charge in [-0.1, -0.05) is 30.3 Å². The summed E-state index contributed by atoms with van der Waals surface area (Å²) in [5.41, 5.74) is 1.70. The maximum absolute atomic E-state index is 12.5. The van der Waals surface area contributed by atoms with Gasteiger partial charge in [0.05, 0.1) is 13.2 Å². The Morgan fingerprint density at radius 3 is 2.52 bits per heavy atom. The van der Waals surface area contributed by atoms with Crippen LogP contribution in [0.15, 0.2) is 59.5 Å². The Morgan fingerprint density at radius 1 is 1.12 bits per heavy atom. The van der Waals surface area contributed by atoms with Crippen LogP contribution in [0.25, 0.3) is 0 Å². The highest BCUT2D eigenvalue weighted by Gasteiger charge is 2.29. The number of thioether (sulfide) groups is 1. The number of nitrogens with zero attached hydrogens (tertiary/aromatic N) is 1. The van der Waals surface area contributed by atoms with Crippen LogP contribution in [-0.4, -0.2) is 47.7 Å². The van der Waals surface area contributed by atoms with Gasteiger partial charge in [-0.2, -0.15) is 0 Å². The Balaban J connectivity index is 1.59. The molecule has 0 bridgehead atoms. The average Bonchev–Trinajstić information content (AvgIpc) is 2.67. The highest BCUT2D eigenvalue weighted by Crippen LogP contribution is 2.22. The summed E-state index contributed by atoms with van der Waals surface area (Å²) < 4.78 is 5.15. The third kappa shape index (κ3) is 4.61. The molecule has 1 aliphatic heterocycles. The normalized spacial score (nSPS) is 17.3. The second-order valence-electron chi connectivity index (χ2n) is 5.75. The molecule has 1 fully saturated rings. The van der Waals surface area contributed by atoms with Crippen LogP contribution >= 0.6 is 11.8 Å². The minimum atomic E-state index is -1.04. The summed E-state index contributed by atoms with van der Waals surface area (Å²) in [6.07, 6.45) is -0.945. The summed E-state index contributed by atoms with van der Waals surface area (Å²) in [5, 5.41) is 9.03. The molecule has 130 valence electrons. The van der Waals surface area contributed by atoms with Crippen molar-refractivity contribution in [1.82, 2.24) is 4.90 Å². The molecule has 2 aromatic carbocycles. The minimum Gasteiger partial charge on any atom is -0.479 e. The third-order valence-electron chi connectivity index (χ3n) is 3.98. The SMILES string of the molecule is O=C(O)C1CN(C(=O)c2ccc(CSc3ccccc3)cc2)CCO1. The molecule has 1 amide bonds. The first-order valence-electron chi connectivity index (χ1n) is 8.04. The third-order valence-corrected chi connectivity index (χ3v) is 5.06. The summed E-state index contributed by atoms with van der Waals surface area (Å²) in [5.74, 6) is -0.362. The van der Waals surface area contributed by atoms with E-state index < -0.39 is 12.1 Å². The fourth-order valence-electron chi connectivity index (χ4n) is 2.59. The zero-order chi connectivity index (χ0) is 17.6. The zero-order valence-electron chi connectivity index (χ0n) is 13.6. The number of aliphatic carboxylic acids is 1. The van der Waals surface area contributed by atoms with Crippen LogP contribution in [0.2, 0.25) is 0 Å². The molecule has 0 saturated carbocycles. The van der Waals surface area contributed by atoms with Crippen molar-refractivity contribution in [2.45, 2.75) is 16.8 Å². The molecule has 3 rings (SSSR count). The van der Waals surface area contributed by atoms with Crippen LogP contribution < -0.4 is 0 Å². The van der Waals surface area contributed by atoms with Crippen LogP contribution in [0.3, 0.4) is 0 Å². The van der Waals surface area contributed by atoms with E-state index in [4.69, 9.17) is 9.84 Å². The molecule has 1 N–H and O–H groups in total. The van der Waals surface area contributed by atoms with E-state index in [0.29, 0.717) is 12.1 Å². The van der Waals surface area contributed by atoms with Gasteiger partial charge in [0.2, 0.25) is 0 Å². The van der Waals surface area contributed by atoms with Crippen LogP contribution in [0.4, 0.5) is 0 Å². The number of carboxylic acids is 1. The quantitative estimate of drug-likeness (QED) is 0.834. The molecule has 5 nitrogen and oxygen atoms in total. The Kier molecular flexibility index (Phi) is 5.73. The van der Waals surface area contributed by atoms with E-state index in [1.54, 1.807) is 23.9 Å². The highest BCUT2D eigenvalue weighted by atomic mass is 32.2. The van der Waals surface area contributed by atoms with Crippen molar-refractivity contribution in [3.63, 3.8) is 0 Å². The Hall–Kier alpha value is -2.31. The molecule has 0 aromatic heterocycles. The van der Waals surface area contributed by atoms with E-state index in [-0.39, 0.29) is 19.1 Å². The van der Waals surface area contributed by atoms with Gasteiger partial charge in [-0.3, -0.25) is 4.79 Å². The molecular weight excluding hydrogens is 338 g/mol. The molecule has 0 radical (unpaired) electrons. The molecular formula is C19H19NO4S. The summed E-state index contributed by atoms with van der Waals surface area (Å²) in [7, 11) is 0. The van der Waals surface area contributed by atoms with Gasteiger partial charge in [0.1, 0.15) is 0 Å². The zero-order valence-corrected chi connectivity index (χ0v) is 14.4. The average molecular weight is 357 g/mol. The van der Waals surface area contributed by atoms with E-state index in [1.165, 1.54) is 9.80 Å². The predicted octanol–water partition coefficient (Wildman–Crippen LogP) is 2.90. The summed E-state index contributed by atoms with van der Waals surface area (Å²) in [6, 6.07) is 17.6. The van der Waals surface area contributed by atoms with Crippen LogP contribution in [0.5, 0.6) is 0 Å². The van der Waals surface area contributed by atoms with Crippen molar-refractivity contribution >= 4 is 23.6 Å². The van der Waals surface area contributed by atoms with Gasteiger partial charge in [0.25, 0.3) is 5.91 Å². The first-order valence-corrected chi connectivity index (χ1v) is 9.02. The number of carbonyl (C=O) groups excluding carboxylic acids is 1. The van der Waals surface area contributed by atoms with E-state index in [0.717, 1.165) is 11.3 Å². The van der Waals surface area contributed by atoms with Gasteiger partial charge >= 0.3 is 5.97 Å². The summed E-state index contributed by atoms with van der Waals surface area (Å²) >= 11 is 1.74. The number of carboxylic acid groups (broad SMARTS) is 1. The molecule has 1 aliphatic rings. The van der Waals surface area contributed by atoms with Crippen molar-refractivity contribution in [3.05, 3.63) is 65.7 Å². The van der Waals surface area contributed by atoms with Gasteiger partial charge in [-0.25, -0.2) is 4.79 Å². The number of ether oxygens (including phenoxy) is 1. The number of carbonyl (C=O) groups is 2. The Bertz CT molecular complexity index is 733. The lowest BCUT2D eigenvalue weighted by atomic mass is 10.1. The van der Waals surface area contributed by atoms with E-state index >= 15 is 0 Å². The predicted molar refractivity (Wildman–Crippen MR) is 95.7 cm³/mol. The molecule has 25 heavy (non-hydrogen) atoms. The van der Waals surface area contributed by atoms with Gasteiger partial charge in [-0.05, 0) is 29.8 Å². The largest absolute Gasteiger partial charge is 0.479 e. The smallest absolute Gasteiger partial charge is 0.334 e. The van der Waals surface area contributed by atoms with Gasteiger partial charge in [0.15, 0.2) is 6.10 Å². The topological polar surface area (TPSA) is 66.8 Å². The number of amides is 1. The maximum atomic E-state index is 12.5. The lowest BCUT2D eigenvalue weighted by molar-refractivity contribution is -0.154. The second-order valence-corrected chi connectivity index (χ2v) is 6.80. The summed E-state index contributed by atoms with van der Waals surface area (Å²) in [4.78, 5) is 26.3. The van der Waals surface area contributed by atoms with Crippen molar-refractivity contribution in [2.24, 2.45) is 0 Å². The van der Waals surface area contributed by atoms with Crippen molar-refractivity contribution in [3.8, 4) is 0 Å². The van der Waals surface area contributed by atoms with Crippen LogP contribution in [0.1, 0.15) is 15.9 Å². The maximum Gasteiger partial charge on any atom is 0.334 e. The molecule has 6 heteroatoms.